The number of nitrogens with one attached hydrogen (secondary N) is 1. The highest BCUT2D eigenvalue weighted by Gasteiger charge is 2.36. The number of likely N-dealkylation sites (tertiary alicyclic amines) is 2. The van der Waals surface area contributed by atoms with Gasteiger partial charge in [-0.05, 0) is 45.1 Å². The minimum atomic E-state index is -0.374. The van der Waals surface area contributed by atoms with Crippen molar-refractivity contribution < 1.29 is 14.3 Å². The second-order valence-electron chi connectivity index (χ2n) is 9.08. The number of aromatic nitrogens is 2. The van der Waals surface area contributed by atoms with E-state index >= 15 is 0 Å². The molecular weight excluding hydrogens is 394 g/mol. The Morgan fingerprint density at radius 2 is 1.97 bits per heavy atom. The second-order valence-corrected chi connectivity index (χ2v) is 9.08. The molecule has 0 radical (unpaired) electrons. The molecule has 0 unspecified atom stereocenters. The van der Waals surface area contributed by atoms with Gasteiger partial charge in [0.1, 0.15) is 11.2 Å². The summed E-state index contributed by atoms with van der Waals surface area (Å²) in [6.45, 7) is 9.03. The summed E-state index contributed by atoms with van der Waals surface area (Å²) in [4.78, 5) is 39.6. The zero-order chi connectivity index (χ0) is 22.1. The van der Waals surface area contributed by atoms with Crippen LogP contribution in [0.2, 0.25) is 0 Å². The molecule has 8 heteroatoms. The van der Waals surface area contributed by atoms with E-state index in [1.54, 1.807) is 6.20 Å². The van der Waals surface area contributed by atoms with E-state index in [2.05, 4.69) is 21.8 Å². The van der Waals surface area contributed by atoms with Crippen molar-refractivity contribution in [2.75, 3.05) is 38.1 Å². The molecule has 2 amide bonds. The number of esters is 1. The lowest BCUT2D eigenvalue weighted by Gasteiger charge is -2.43. The first-order valence-corrected chi connectivity index (χ1v) is 11.3. The molecule has 4 heterocycles. The Balaban J connectivity index is 1.65. The number of ether oxygens (including phenoxy) is 1. The second kappa shape index (κ2) is 8.77. The average Bonchev–Trinajstić information content (AvgIpc) is 3.43. The van der Waals surface area contributed by atoms with Gasteiger partial charge in [-0.1, -0.05) is 6.92 Å². The Kier molecular flexibility index (Phi) is 6.07. The minimum Gasteiger partial charge on any atom is -0.459 e. The number of carbonyl (C=O) groups is 2. The third-order valence-corrected chi connectivity index (χ3v) is 6.54. The summed E-state index contributed by atoms with van der Waals surface area (Å²) in [5.74, 6) is 0.00432. The van der Waals surface area contributed by atoms with Crippen molar-refractivity contribution >= 4 is 28.7 Å². The molecule has 2 aliphatic rings. The smallest absolute Gasteiger partial charge is 0.342 e. The first-order chi connectivity index (χ1) is 14.9. The zero-order valence-electron chi connectivity index (χ0n) is 18.9. The molecule has 0 saturated carbocycles. The number of hydrogen-bond donors (Lipinski definition) is 1. The fourth-order valence-corrected chi connectivity index (χ4v) is 4.80. The van der Waals surface area contributed by atoms with Gasteiger partial charge in [-0.25, -0.2) is 14.6 Å². The van der Waals surface area contributed by atoms with E-state index in [1.165, 1.54) is 0 Å². The standard InChI is InChI=1S/C23H33N5O3/c1-15(2)31-22(29)18-13-25-21-17(7-9-24-21)20(18)26(4)19-14-28(12-8-16(19)3)23(30)27-10-5-6-11-27/h7,9,13,15-16,19H,5-6,8,10-12,14H2,1-4H3,(H,24,25)/t16-,19+/m1/s1. The average molecular weight is 428 g/mol. The highest BCUT2D eigenvalue weighted by molar-refractivity contribution is 6.04. The van der Waals surface area contributed by atoms with Crippen molar-refractivity contribution in [3.63, 3.8) is 0 Å². The van der Waals surface area contributed by atoms with Crippen LogP contribution >= 0.6 is 0 Å². The molecule has 1 N–H and O–H groups in total. The van der Waals surface area contributed by atoms with Crippen LogP contribution in [0.5, 0.6) is 0 Å². The van der Waals surface area contributed by atoms with Crippen LogP contribution in [0.15, 0.2) is 18.5 Å². The number of urea groups is 1. The minimum absolute atomic E-state index is 0.0893. The quantitative estimate of drug-likeness (QED) is 0.756. The summed E-state index contributed by atoms with van der Waals surface area (Å²) in [5, 5.41) is 0.885. The maximum atomic E-state index is 13.0. The van der Waals surface area contributed by atoms with Crippen molar-refractivity contribution in [1.82, 2.24) is 19.8 Å². The van der Waals surface area contributed by atoms with Gasteiger partial charge in [-0.15, -0.1) is 0 Å². The molecule has 0 aliphatic carbocycles. The monoisotopic (exact) mass is 427 g/mol. The van der Waals surface area contributed by atoms with Gasteiger partial charge in [0.25, 0.3) is 0 Å². The van der Waals surface area contributed by atoms with Crippen LogP contribution in [0.25, 0.3) is 11.0 Å². The molecule has 168 valence electrons. The summed E-state index contributed by atoms with van der Waals surface area (Å²) < 4.78 is 5.51. The molecule has 2 aliphatic heterocycles. The van der Waals surface area contributed by atoms with Crippen LogP contribution in [0.3, 0.4) is 0 Å². The maximum absolute atomic E-state index is 13.0. The maximum Gasteiger partial charge on any atom is 0.342 e. The molecular formula is C23H33N5O3. The molecule has 2 atom stereocenters. The Morgan fingerprint density at radius 3 is 2.68 bits per heavy atom. The summed E-state index contributed by atoms with van der Waals surface area (Å²) in [6, 6.07) is 2.18. The molecule has 0 aromatic carbocycles. The number of aromatic amines is 1. The number of rotatable bonds is 4. The molecule has 0 bridgehead atoms. The molecule has 31 heavy (non-hydrogen) atoms. The van der Waals surface area contributed by atoms with Gasteiger partial charge in [-0.2, -0.15) is 0 Å². The van der Waals surface area contributed by atoms with E-state index in [0.29, 0.717) is 18.0 Å². The van der Waals surface area contributed by atoms with Crippen molar-refractivity contribution in [1.29, 1.82) is 0 Å². The van der Waals surface area contributed by atoms with Crippen molar-refractivity contribution in [3.8, 4) is 0 Å². The number of hydrogen-bond acceptors (Lipinski definition) is 5. The van der Waals surface area contributed by atoms with E-state index in [4.69, 9.17) is 4.74 Å². The van der Waals surface area contributed by atoms with Crippen molar-refractivity contribution in [3.05, 3.63) is 24.0 Å². The van der Waals surface area contributed by atoms with Gasteiger partial charge < -0.3 is 24.4 Å². The van der Waals surface area contributed by atoms with Crippen LogP contribution in [-0.2, 0) is 4.74 Å². The van der Waals surface area contributed by atoms with Gasteiger partial charge in [0.2, 0.25) is 0 Å². The van der Waals surface area contributed by atoms with Gasteiger partial charge in [0.05, 0.1) is 11.8 Å². The lowest BCUT2D eigenvalue weighted by atomic mass is 9.91. The number of piperidine rings is 1. The first-order valence-electron chi connectivity index (χ1n) is 11.3. The topological polar surface area (TPSA) is 81.8 Å². The number of pyridine rings is 1. The number of H-pyrrole nitrogens is 1. The van der Waals surface area contributed by atoms with Crippen molar-refractivity contribution in [2.24, 2.45) is 5.92 Å². The summed E-state index contributed by atoms with van der Waals surface area (Å²) in [6.07, 6.45) is 6.32. The SMILES string of the molecule is CC(C)OC(=O)c1cnc2[nH]ccc2c1N(C)[C@H]1CN(C(=O)N2CCCC2)CC[C@H]1C. The Hall–Kier alpha value is -2.77. The number of likely N-dealkylation sites (N-methyl/N-ethyl adjacent to an activating group) is 1. The van der Waals surface area contributed by atoms with Crippen molar-refractivity contribution in [2.45, 2.75) is 52.2 Å². The van der Waals surface area contributed by atoms with E-state index in [9.17, 15) is 9.59 Å². The molecule has 2 saturated heterocycles. The number of carbonyl (C=O) groups excluding carboxylic acids is 2. The third-order valence-electron chi connectivity index (χ3n) is 6.54. The third kappa shape index (κ3) is 4.20. The fourth-order valence-electron chi connectivity index (χ4n) is 4.80. The van der Waals surface area contributed by atoms with E-state index in [0.717, 1.165) is 55.6 Å². The molecule has 8 nitrogen and oxygen atoms in total. The largest absolute Gasteiger partial charge is 0.459 e. The molecule has 2 aromatic rings. The summed E-state index contributed by atoms with van der Waals surface area (Å²) in [7, 11) is 2.01. The highest BCUT2D eigenvalue weighted by atomic mass is 16.5. The van der Waals surface area contributed by atoms with Crippen LogP contribution in [0.1, 0.15) is 50.4 Å². The van der Waals surface area contributed by atoms with E-state index in [1.807, 2.05) is 43.0 Å². The van der Waals surface area contributed by atoms with Gasteiger partial charge >= 0.3 is 12.0 Å². The number of nitrogens with zero attached hydrogens (tertiary/aromatic N) is 4. The molecule has 4 rings (SSSR count). The first kappa shape index (κ1) is 21.5. The molecule has 2 fully saturated rings. The van der Waals surface area contributed by atoms with Crippen LogP contribution in [-0.4, -0.2) is 77.1 Å². The predicted molar refractivity (Wildman–Crippen MR) is 120 cm³/mol. The Morgan fingerprint density at radius 1 is 1.23 bits per heavy atom. The Labute approximate surface area is 183 Å². The van der Waals surface area contributed by atoms with Crippen LogP contribution < -0.4 is 4.90 Å². The lowest BCUT2D eigenvalue weighted by Crippen LogP contribution is -2.55. The predicted octanol–water partition coefficient (Wildman–Crippen LogP) is 3.49. The molecule has 2 aromatic heterocycles. The zero-order valence-corrected chi connectivity index (χ0v) is 18.9. The van der Waals surface area contributed by atoms with E-state index < -0.39 is 0 Å². The Bertz CT molecular complexity index is 950. The number of fused-ring (bicyclic) bond motifs is 1. The van der Waals surface area contributed by atoms with Gasteiger partial charge in [0.15, 0.2) is 0 Å². The summed E-state index contributed by atoms with van der Waals surface area (Å²) >= 11 is 0. The molecule has 0 spiro atoms. The fraction of sp³-hybridized carbons (Fsp3) is 0.609. The van der Waals surface area contributed by atoms with Crippen LogP contribution in [0, 0.1) is 5.92 Å². The number of amides is 2. The van der Waals surface area contributed by atoms with Gasteiger partial charge in [0, 0.05) is 57.0 Å². The normalized spacial score (nSPS) is 21.7. The van der Waals surface area contributed by atoms with Crippen LogP contribution in [0.4, 0.5) is 10.5 Å². The van der Waals surface area contributed by atoms with E-state index in [-0.39, 0.29) is 24.1 Å². The highest BCUT2D eigenvalue weighted by Crippen LogP contribution is 2.34. The summed E-state index contributed by atoms with van der Waals surface area (Å²) in [5.41, 5.74) is 2.00. The lowest BCUT2D eigenvalue weighted by molar-refractivity contribution is 0.0378. The number of anilines is 1. The van der Waals surface area contributed by atoms with Gasteiger partial charge in [-0.3, -0.25) is 0 Å².